The molecule has 2 aromatic carbocycles. The van der Waals surface area contributed by atoms with Crippen LogP contribution in [-0.2, 0) is 17.2 Å². The summed E-state index contributed by atoms with van der Waals surface area (Å²) in [5.41, 5.74) is 3.71. The molecule has 0 saturated carbocycles. The Morgan fingerprint density at radius 3 is 1.94 bits per heavy atom. The van der Waals surface area contributed by atoms with Crippen molar-refractivity contribution in [2.24, 2.45) is 7.05 Å². The van der Waals surface area contributed by atoms with Gasteiger partial charge in [0.25, 0.3) is 0 Å². The van der Waals surface area contributed by atoms with E-state index in [4.69, 9.17) is 0 Å². The largest absolute Gasteiger partial charge is 0.744 e. The first-order valence-corrected chi connectivity index (χ1v) is 11.2. The van der Waals surface area contributed by atoms with Crippen LogP contribution in [0, 0.1) is 0 Å². The van der Waals surface area contributed by atoms with Gasteiger partial charge in [0, 0.05) is 37.0 Å². The number of pyridine rings is 1. The highest BCUT2D eigenvalue weighted by atomic mass is 32.2. The summed E-state index contributed by atoms with van der Waals surface area (Å²) in [6.45, 7) is 6.47. The third kappa shape index (κ3) is 8.33. The Morgan fingerprint density at radius 1 is 0.871 bits per heavy atom. The molecule has 6 nitrogen and oxygen atoms in total. The van der Waals surface area contributed by atoms with Crippen LogP contribution in [0.3, 0.4) is 0 Å². The van der Waals surface area contributed by atoms with E-state index in [0.717, 1.165) is 13.1 Å². The standard InChI is InChI=1S/C18H23N2.C6H6O3S.H2O/c1-4-20(5-2)18-13-10-16(11-14-18)9-12-17-8-6-7-15-19(17)3;7-10(8,9)6-4-2-1-3-5-6;/h6-15H,4-5H2,1-3H3;1-5H,(H,7,8,9);1H2/q+1;;/p-1. The molecule has 0 aliphatic heterocycles. The van der Waals surface area contributed by atoms with E-state index in [9.17, 15) is 13.0 Å². The molecule has 3 aromatic rings. The summed E-state index contributed by atoms with van der Waals surface area (Å²) in [5.74, 6) is 0. The zero-order valence-electron chi connectivity index (χ0n) is 18.1. The Balaban J connectivity index is 0.000000370. The average Bonchev–Trinajstić information content (AvgIpc) is 2.75. The van der Waals surface area contributed by atoms with Gasteiger partial charge in [0.05, 0.1) is 4.90 Å². The van der Waals surface area contributed by atoms with Gasteiger partial charge in [-0.1, -0.05) is 30.3 Å². The van der Waals surface area contributed by atoms with Crippen LogP contribution < -0.4 is 9.47 Å². The molecule has 7 heteroatoms. The van der Waals surface area contributed by atoms with Crippen LogP contribution in [0.4, 0.5) is 5.69 Å². The number of aromatic nitrogens is 1. The lowest BCUT2D eigenvalue weighted by Gasteiger charge is -2.20. The molecule has 0 spiro atoms. The van der Waals surface area contributed by atoms with E-state index in [2.05, 4.69) is 85.1 Å². The van der Waals surface area contributed by atoms with Gasteiger partial charge >= 0.3 is 0 Å². The van der Waals surface area contributed by atoms with E-state index in [1.165, 1.54) is 41.2 Å². The Bertz CT molecular complexity index is 1050. The number of benzene rings is 2. The quantitative estimate of drug-likeness (QED) is 0.432. The van der Waals surface area contributed by atoms with Gasteiger partial charge < -0.3 is 14.9 Å². The molecule has 0 unspecified atom stereocenters. The first-order valence-electron chi connectivity index (χ1n) is 9.83. The van der Waals surface area contributed by atoms with E-state index < -0.39 is 10.1 Å². The van der Waals surface area contributed by atoms with Crippen molar-refractivity contribution in [3.05, 3.63) is 90.3 Å². The van der Waals surface area contributed by atoms with E-state index in [-0.39, 0.29) is 10.4 Å². The Morgan fingerprint density at radius 2 is 1.45 bits per heavy atom. The third-order valence-electron chi connectivity index (χ3n) is 4.60. The summed E-state index contributed by atoms with van der Waals surface area (Å²) in [4.78, 5) is 2.17. The van der Waals surface area contributed by atoms with E-state index in [0.29, 0.717) is 0 Å². The second-order valence-electron chi connectivity index (χ2n) is 6.60. The summed E-state index contributed by atoms with van der Waals surface area (Å²) in [7, 11) is -2.19. The molecule has 1 aromatic heterocycles. The summed E-state index contributed by atoms with van der Waals surface area (Å²) in [6, 6.07) is 22.1. The predicted octanol–water partition coefficient (Wildman–Crippen LogP) is 3.29. The Kier molecular flexibility index (Phi) is 10.6. The smallest absolute Gasteiger partial charge is 0.204 e. The van der Waals surface area contributed by atoms with Crippen molar-refractivity contribution in [3.8, 4) is 0 Å². The normalized spacial score (nSPS) is 10.7. The van der Waals surface area contributed by atoms with Crippen LogP contribution in [0.15, 0.2) is 83.9 Å². The van der Waals surface area contributed by atoms with Gasteiger partial charge in [-0.05, 0) is 55.8 Å². The van der Waals surface area contributed by atoms with Crippen LogP contribution in [0.2, 0.25) is 0 Å². The van der Waals surface area contributed by atoms with Crippen LogP contribution in [0.25, 0.3) is 12.2 Å². The third-order valence-corrected chi connectivity index (χ3v) is 5.44. The van der Waals surface area contributed by atoms with Crippen LogP contribution in [0.1, 0.15) is 25.1 Å². The predicted molar refractivity (Wildman–Crippen MR) is 125 cm³/mol. The molecule has 2 N–H and O–H groups in total. The maximum atomic E-state index is 10.3. The van der Waals surface area contributed by atoms with Crippen LogP contribution in [-0.4, -0.2) is 31.5 Å². The minimum absolute atomic E-state index is 0. The lowest BCUT2D eigenvalue weighted by atomic mass is 10.1. The molecule has 166 valence electrons. The molecule has 0 saturated heterocycles. The molecule has 31 heavy (non-hydrogen) atoms. The van der Waals surface area contributed by atoms with Gasteiger partial charge in [-0.15, -0.1) is 0 Å². The zero-order chi connectivity index (χ0) is 22.0. The van der Waals surface area contributed by atoms with Crippen molar-refractivity contribution in [1.29, 1.82) is 0 Å². The Labute approximate surface area is 185 Å². The average molecular weight is 443 g/mol. The summed E-state index contributed by atoms with van der Waals surface area (Å²) in [6.07, 6.45) is 6.36. The van der Waals surface area contributed by atoms with E-state index in [1.807, 2.05) is 6.07 Å². The van der Waals surface area contributed by atoms with E-state index >= 15 is 0 Å². The molecule has 0 atom stereocenters. The van der Waals surface area contributed by atoms with Gasteiger partial charge in [0.15, 0.2) is 6.20 Å². The van der Waals surface area contributed by atoms with Crippen LogP contribution >= 0.6 is 0 Å². The van der Waals surface area contributed by atoms with Crippen LogP contribution in [0.5, 0.6) is 0 Å². The van der Waals surface area contributed by atoms with Gasteiger partial charge in [-0.25, -0.2) is 13.0 Å². The summed E-state index contributed by atoms with van der Waals surface area (Å²) >= 11 is 0. The molecular formula is C24H30N2O4S. The number of anilines is 1. The monoisotopic (exact) mass is 442 g/mol. The molecule has 0 aliphatic rings. The minimum atomic E-state index is -4.25. The number of aryl methyl sites for hydroxylation is 1. The van der Waals surface area contributed by atoms with Crippen molar-refractivity contribution >= 4 is 28.0 Å². The number of hydrogen-bond donors (Lipinski definition) is 0. The maximum Gasteiger partial charge on any atom is 0.204 e. The van der Waals surface area contributed by atoms with Gasteiger partial charge in [0.1, 0.15) is 17.2 Å². The molecule has 0 aliphatic carbocycles. The minimum Gasteiger partial charge on any atom is -0.744 e. The van der Waals surface area contributed by atoms with Crippen molar-refractivity contribution in [2.75, 3.05) is 18.0 Å². The lowest BCUT2D eigenvalue weighted by Crippen LogP contribution is -2.30. The Hall–Kier alpha value is -3.00. The van der Waals surface area contributed by atoms with E-state index in [1.54, 1.807) is 6.07 Å². The molecule has 3 rings (SSSR count). The second kappa shape index (κ2) is 12.6. The number of nitrogens with zero attached hydrogens (tertiary/aromatic N) is 2. The summed E-state index contributed by atoms with van der Waals surface area (Å²) in [5, 5.41) is 0. The fourth-order valence-corrected chi connectivity index (χ4v) is 3.35. The second-order valence-corrected chi connectivity index (χ2v) is 7.98. The number of hydrogen-bond acceptors (Lipinski definition) is 4. The molecule has 0 radical (unpaired) electrons. The van der Waals surface area contributed by atoms with Crippen molar-refractivity contribution in [2.45, 2.75) is 18.7 Å². The highest BCUT2D eigenvalue weighted by Crippen LogP contribution is 2.16. The molecule has 1 heterocycles. The number of rotatable bonds is 6. The van der Waals surface area contributed by atoms with Crippen molar-refractivity contribution < 1.29 is 23.0 Å². The van der Waals surface area contributed by atoms with Gasteiger partial charge in [-0.3, -0.25) is 0 Å². The molecular weight excluding hydrogens is 412 g/mol. The maximum absolute atomic E-state index is 10.3. The molecule has 0 amide bonds. The zero-order valence-corrected chi connectivity index (χ0v) is 18.9. The lowest BCUT2D eigenvalue weighted by molar-refractivity contribution is -0.673. The van der Waals surface area contributed by atoms with Crippen molar-refractivity contribution in [1.82, 2.24) is 0 Å². The first kappa shape index (κ1) is 26.0. The topological polar surface area (TPSA) is 95.8 Å². The molecule has 0 fully saturated rings. The van der Waals surface area contributed by atoms with Gasteiger partial charge in [0.2, 0.25) is 5.69 Å². The molecule has 0 bridgehead atoms. The van der Waals surface area contributed by atoms with Gasteiger partial charge in [-0.2, -0.15) is 0 Å². The van der Waals surface area contributed by atoms with Crippen molar-refractivity contribution in [3.63, 3.8) is 0 Å². The fraction of sp³-hybridized carbons (Fsp3) is 0.208. The summed E-state index contributed by atoms with van der Waals surface area (Å²) < 4.78 is 32.9. The SMILES string of the molecule is CCN(CC)c1ccc(/C=C/c2cccc[n+]2C)cc1.O.O=S(=O)([O-])c1ccccc1. The first-order chi connectivity index (χ1) is 14.3. The highest BCUT2D eigenvalue weighted by molar-refractivity contribution is 7.85. The highest BCUT2D eigenvalue weighted by Gasteiger charge is 2.01. The fourth-order valence-electron chi connectivity index (χ4n) is 2.86.